The fraction of sp³-hybridized carbons (Fsp3) is 0.353. The predicted octanol–water partition coefficient (Wildman–Crippen LogP) is 2.15. The van der Waals surface area contributed by atoms with Crippen molar-refractivity contribution in [2.75, 3.05) is 13.7 Å². The first-order chi connectivity index (χ1) is 12.1. The lowest BCUT2D eigenvalue weighted by atomic mass is 10.2. The first kappa shape index (κ1) is 18.5. The Kier molecular flexibility index (Phi) is 6.97. The molecule has 0 atom stereocenters. The Morgan fingerprint density at radius 2 is 1.96 bits per heavy atom. The van der Waals surface area contributed by atoms with Crippen LogP contribution in [-0.2, 0) is 4.79 Å². The van der Waals surface area contributed by atoms with Crippen molar-refractivity contribution in [2.24, 2.45) is 0 Å². The molecule has 8 heteroatoms. The number of hydroxylamine groups is 1. The Morgan fingerprint density at radius 3 is 2.64 bits per heavy atom. The van der Waals surface area contributed by atoms with Crippen molar-refractivity contribution >= 4 is 11.8 Å². The zero-order chi connectivity index (χ0) is 18.1. The number of oxazole rings is 1. The van der Waals surface area contributed by atoms with Crippen LogP contribution in [0, 0.1) is 0 Å². The van der Waals surface area contributed by atoms with Gasteiger partial charge >= 0.3 is 5.91 Å². The van der Waals surface area contributed by atoms with E-state index >= 15 is 0 Å². The average molecular weight is 347 g/mol. The zero-order valence-corrected chi connectivity index (χ0v) is 13.9. The highest BCUT2D eigenvalue weighted by molar-refractivity contribution is 5.89. The van der Waals surface area contributed by atoms with Crippen molar-refractivity contribution in [3.05, 3.63) is 36.4 Å². The number of rotatable bonds is 9. The number of ether oxygens (including phenoxy) is 1. The number of aromatic nitrogens is 1. The maximum absolute atomic E-state index is 12.0. The quantitative estimate of drug-likeness (QED) is 0.364. The second-order valence-corrected chi connectivity index (χ2v) is 5.36. The Hall–Kier alpha value is -2.87. The Morgan fingerprint density at radius 1 is 1.20 bits per heavy atom. The molecule has 1 heterocycles. The van der Waals surface area contributed by atoms with Gasteiger partial charge in [0.1, 0.15) is 5.75 Å². The van der Waals surface area contributed by atoms with Crippen LogP contribution in [0.4, 0.5) is 0 Å². The second-order valence-electron chi connectivity index (χ2n) is 5.36. The van der Waals surface area contributed by atoms with Crippen molar-refractivity contribution in [1.29, 1.82) is 0 Å². The van der Waals surface area contributed by atoms with Crippen LogP contribution in [0.3, 0.4) is 0 Å². The molecule has 0 aliphatic heterocycles. The van der Waals surface area contributed by atoms with E-state index < -0.39 is 5.91 Å². The van der Waals surface area contributed by atoms with Crippen molar-refractivity contribution in [2.45, 2.75) is 25.7 Å². The molecule has 0 saturated heterocycles. The summed E-state index contributed by atoms with van der Waals surface area (Å²) in [4.78, 5) is 26.8. The summed E-state index contributed by atoms with van der Waals surface area (Å²) in [6.45, 7) is 0.458. The zero-order valence-electron chi connectivity index (χ0n) is 13.9. The predicted molar refractivity (Wildman–Crippen MR) is 89.2 cm³/mol. The summed E-state index contributed by atoms with van der Waals surface area (Å²) in [6.07, 6.45) is 3.88. The molecule has 0 unspecified atom stereocenters. The highest BCUT2D eigenvalue weighted by Gasteiger charge is 2.13. The smallest absolute Gasteiger partial charge is 0.307 e. The first-order valence-corrected chi connectivity index (χ1v) is 7.95. The summed E-state index contributed by atoms with van der Waals surface area (Å²) in [5.41, 5.74) is 2.38. The van der Waals surface area contributed by atoms with E-state index in [1.165, 1.54) is 6.20 Å². The topological polar surface area (TPSA) is 114 Å². The molecule has 0 bridgehead atoms. The molecule has 0 fully saturated rings. The van der Waals surface area contributed by atoms with Gasteiger partial charge in [0.25, 0.3) is 5.89 Å². The number of nitrogens with one attached hydrogen (secondary N) is 2. The van der Waals surface area contributed by atoms with Gasteiger partial charge < -0.3 is 14.5 Å². The summed E-state index contributed by atoms with van der Waals surface area (Å²) in [7, 11) is 1.59. The lowest BCUT2D eigenvalue weighted by Gasteiger charge is -2.03. The summed E-state index contributed by atoms with van der Waals surface area (Å²) in [5, 5.41) is 11.1. The molecule has 0 aliphatic carbocycles. The molecule has 25 heavy (non-hydrogen) atoms. The van der Waals surface area contributed by atoms with Crippen molar-refractivity contribution in [1.82, 2.24) is 15.8 Å². The number of benzene rings is 1. The Labute approximate surface area is 145 Å². The van der Waals surface area contributed by atoms with Crippen molar-refractivity contribution < 1.29 is 24.0 Å². The van der Waals surface area contributed by atoms with Gasteiger partial charge in [0.2, 0.25) is 5.91 Å². The lowest BCUT2D eigenvalue weighted by Crippen LogP contribution is -2.24. The number of unbranched alkanes of at least 4 members (excludes halogenated alkanes) is 2. The van der Waals surface area contributed by atoms with E-state index in [4.69, 9.17) is 14.4 Å². The molecule has 134 valence electrons. The standard InChI is InChI=1S/C17H21N3O5/c1-24-13-8-6-12(7-9-13)14-11-19-17(25-14)16(22)18-10-4-2-3-5-15(21)20-23/h6-9,11,23H,2-5,10H2,1H3,(H,18,22)(H,20,21). The molecular weight excluding hydrogens is 326 g/mol. The van der Waals surface area contributed by atoms with Crippen LogP contribution in [-0.4, -0.2) is 35.7 Å². The minimum atomic E-state index is -0.408. The van der Waals surface area contributed by atoms with E-state index in [-0.39, 0.29) is 18.2 Å². The van der Waals surface area contributed by atoms with Crippen molar-refractivity contribution in [3.8, 4) is 17.1 Å². The molecule has 1 aromatic carbocycles. The van der Waals surface area contributed by atoms with Crippen LogP contribution < -0.4 is 15.5 Å². The number of hydrogen-bond donors (Lipinski definition) is 3. The van der Waals surface area contributed by atoms with Gasteiger partial charge in [-0.2, -0.15) is 0 Å². The monoisotopic (exact) mass is 347 g/mol. The van der Waals surface area contributed by atoms with Crippen molar-refractivity contribution in [3.63, 3.8) is 0 Å². The van der Waals surface area contributed by atoms with Gasteiger partial charge in [0.15, 0.2) is 5.76 Å². The third-order valence-corrected chi connectivity index (χ3v) is 3.57. The first-order valence-electron chi connectivity index (χ1n) is 7.95. The van der Waals surface area contributed by atoms with E-state index in [9.17, 15) is 9.59 Å². The summed E-state index contributed by atoms with van der Waals surface area (Å²) >= 11 is 0. The highest BCUT2D eigenvalue weighted by Crippen LogP contribution is 2.23. The van der Waals surface area contributed by atoms with E-state index in [1.54, 1.807) is 24.7 Å². The molecule has 2 aromatic rings. The Bertz CT molecular complexity index is 697. The minimum Gasteiger partial charge on any atom is -0.497 e. The normalized spacial score (nSPS) is 10.3. The number of methoxy groups -OCH3 is 1. The fourth-order valence-corrected chi connectivity index (χ4v) is 2.19. The fourth-order valence-electron chi connectivity index (χ4n) is 2.19. The maximum Gasteiger partial charge on any atom is 0.307 e. The molecule has 0 saturated carbocycles. The van der Waals surface area contributed by atoms with Gasteiger partial charge in [-0.25, -0.2) is 10.5 Å². The average Bonchev–Trinajstić information content (AvgIpc) is 3.14. The van der Waals surface area contributed by atoms with Gasteiger partial charge in [-0.3, -0.25) is 14.8 Å². The van der Waals surface area contributed by atoms with E-state index in [1.807, 2.05) is 12.1 Å². The number of hydrogen-bond acceptors (Lipinski definition) is 6. The summed E-state index contributed by atoms with van der Waals surface area (Å²) < 4.78 is 10.6. The van der Waals surface area contributed by atoms with E-state index in [0.717, 1.165) is 24.2 Å². The largest absolute Gasteiger partial charge is 0.497 e. The van der Waals surface area contributed by atoms with E-state index in [2.05, 4.69) is 10.3 Å². The Balaban J connectivity index is 1.77. The van der Waals surface area contributed by atoms with Crippen LogP contribution in [0.25, 0.3) is 11.3 Å². The lowest BCUT2D eigenvalue weighted by molar-refractivity contribution is -0.129. The van der Waals surface area contributed by atoms with Gasteiger partial charge in [0.05, 0.1) is 13.3 Å². The molecular formula is C17H21N3O5. The number of carbonyl (C=O) groups excluding carboxylic acids is 2. The van der Waals surface area contributed by atoms with Crippen LogP contribution in [0.2, 0.25) is 0 Å². The SMILES string of the molecule is COc1ccc(-c2cnc(C(=O)NCCCCCC(=O)NO)o2)cc1. The minimum absolute atomic E-state index is 0.00507. The summed E-state index contributed by atoms with van der Waals surface area (Å²) in [5.74, 6) is 0.453. The molecule has 8 nitrogen and oxygen atoms in total. The van der Waals surface area contributed by atoms with E-state index in [0.29, 0.717) is 18.7 Å². The number of carbonyl (C=O) groups is 2. The van der Waals surface area contributed by atoms with Gasteiger partial charge in [0, 0.05) is 18.5 Å². The molecule has 2 rings (SSSR count). The van der Waals surface area contributed by atoms with Crippen LogP contribution in [0.15, 0.2) is 34.9 Å². The third-order valence-electron chi connectivity index (χ3n) is 3.57. The molecule has 0 radical (unpaired) electrons. The van der Waals surface area contributed by atoms with Gasteiger partial charge in [-0.1, -0.05) is 6.42 Å². The van der Waals surface area contributed by atoms with Gasteiger partial charge in [-0.15, -0.1) is 0 Å². The third kappa shape index (κ3) is 5.61. The maximum atomic E-state index is 12.0. The van der Waals surface area contributed by atoms with Gasteiger partial charge in [-0.05, 0) is 37.1 Å². The highest BCUT2D eigenvalue weighted by atomic mass is 16.5. The van der Waals surface area contributed by atoms with Crippen LogP contribution >= 0.6 is 0 Å². The molecule has 0 spiro atoms. The molecule has 1 aromatic heterocycles. The van der Waals surface area contributed by atoms with Crippen LogP contribution in [0.5, 0.6) is 5.75 Å². The number of nitrogens with zero attached hydrogens (tertiary/aromatic N) is 1. The second kappa shape index (κ2) is 9.43. The molecule has 2 amide bonds. The number of amides is 2. The molecule has 3 N–H and O–H groups in total. The summed E-state index contributed by atoms with van der Waals surface area (Å²) in [6, 6.07) is 7.25. The van der Waals surface area contributed by atoms with Crippen LogP contribution in [0.1, 0.15) is 36.4 Å². The molecule has 0 aliphatic rings.